The molecule has 0 fully saturated rings. The summed E-state index contributed by atoms with van der Waals surface area (Å²) in [4.78, 5) is 20.2. The van der Waals surface area contributed by atoms with E-state index in [1.54, 1.807) is 0 Å². The van der Waals surface area contributed by atoms with E-state index in [0.717, 1.165) is 6.26 Å². The Kier molecular flexibility index (Phi) is 4.43. The minimum Gasteiger partial charge on any atom is -0.337 e. The zero-order valence-corrected chi connectivity index (χ0v) is 13.1. The normalized spacial score (nSPS) is 19.0. The summed E-state index contributed by atoms with van der Waals surface area (Å²) in [7, 11) is -3.30. The first-order chi connectivity index (χ1) is 9.81. The maximum absolute atomic E-state index is 12.1. The van der Waals surface area contributed by atoms with Crippen LogP contribution in [0.5, 0.6) is 0 Å². The average molecular weight is 328 g/mol. The van der Waals surface area contributed by atoms with Gasteiger partial charge in [-0.3, -0.25) is 9.79 Å². The molecule has 1 aliphatic rings. The van der Waals surface area contributed by atoms with Gasteiger partial charge in [-0.2, -0.15) is 0 Å². The molecule has 1 atom stereocenters. The van der Waals surface area contributed by atoms with Crippen LogP contribution < -0.4 is 5.32 Å². The first-order valence-electron chi connectivity index (χ1n) is 6.23. The van der Waals surface area contributed by atoms with Gasteiger partial charge in [-0.25, -0.2) is 13.4 Å². The number of Topliss-reactive ketones (excluding diaryl/α,β-unsaturated/α-hetero) is 1. The number of sulfone groups is 1. The number of rotatable bonds is 4. The van der Waals surface area contributed by atoms with Gasteiger partial charge in [0.1, 0.15) is 17.0 Å². The van der Waals surface area contributed by atoms with Crippen molar-refractivity contribution < 1.29 is 13.2 Å². The van der Waals surface area contributed by atoms with Crippen molar-refractivity contribution in [2.45, 2.75) is 24.3 Å². The number of carbonyl (C=O) groups excluding carboxylic acids is 1. The number of hydrogen-bond donors (Lipinski definition) is 1. The molecule has 1 N–H and O–H groups in total. The zero-order chi connectivity index (χ0) is 15.6. The van der Waals surface area contributed by atoms with Crippen LogP contribution >= 0.6 is 11.6 Å². The van der Waals surface area contributed by atoms with Crippen molar-refractivity contribution >= 4 is 38.2 Å². The van der Waals surface area contributed by atoms with Crippen molar-refractivity contribution in [2.75, 3.05) is 11.6 Å². The smallest absolute Gasteiger partial charge is 0.203 e. The quantitative estimate of drug-likeness (QED) is 0.910. The van der Waals surface area contributed by atoms with E-state index in [0.29, 0.717) is 17.9 Å². The number of carbonyl (C=O) groups is 1. The molecule has 1 aromatic rings. The van der Waals surface area contributed by atoms with Crippen LogP contribution in [0.3, 0.4) is 0 Å². The molecule has 0 aromatic carbocycles. The third-order valence-electron chi connectivity index (χ3n) is 2.92. The Morgan fingerprint density at radius 2 is 2.10 bits per heavy atom. The molecule has 0 amide bonds. The third-order valence-corrected chi connectivity index (χ3v) is 4.23. The lowest BCUT2D eigenvalue weighted by Crippen LogP contribution is -2.28. The second-order valence-corrected chi connectivity index (χ2v) is 6.98. The molecule has 8 heteroatoms. The molecule has 0 saturated carbocycles. The van der Waals surface area contributed by atoms with Crippen LogP contribution in [0.2, 0.25) is 0 Å². The van der Waals surface area contributed by atoms with E-state index < -0.39 is 15.9 Å². The number of ketones is 1. The molecule has 1 aromatic heterocycles. The van der Waals surface area contributed by atoms with Crippen molar-refractivity contribution in [3.05, 3.63) is 30.1 Å². The molecule has 112 valence electrons. The van der Waals surface area contributed by atoms with Crippen LogP contribution in [0.25, 0.3) is 0 Å². The minimum atomic E-state index is -3.30. The number of pyridine rings is 1. The fourth-order valence-electron chi connectivity index (χ4n) is 1.80. The highest BCUT2D eigenvalue weighted by molar-refractivity contribution is 7.90. The van der Waals surface area contributed by atoms with E-state index in [-0.39, 0.29) is 15.8 Å². The third kappa shape index (κ3) is 3.68. The summed E-state index contributed by atoms with van der Waals surface area (Å²) in [6.45, 7) is 1.85. The van der Waals surface area contributed by atoms with Crippen molar-refractivity contribution in [1.82, 2.24) is 4.98 Å². The van der Waals surface area contributed by atoms with Gasteiger partial charge in [-0.1, -0.05) is 18.5 Å². The van der Waals surface area contributed by atoms with Gasteiger partial charge in [-0.05, 0) is 18.6 Å². The van der Waals surface area contributed by atoms with Gasteiger partial charge >= 0.3 is 0 Å². The highest BCUT2D eigenvalue weighted by Crippen LogP contribution is 2.18. The fraction of sp³-hybridized carbons (Fsp3) is 0.308. The number of aliphatic imine (C=N–C) groups is 1. The molecule has 1 aliphatic heterocycles. The molecular formula is C13H14ClN3O3S. The van der Waals surface area contributed by atoms with Crippen LogP contribution in [0, 0.1) is 0 Å². The van der Waals surface area contributed by atoms with Gasteiger partial charge in [0.05, 0.1) is 10.6 Å². The molecule has 6 nitrogen and oxygen atoms in total. The maximum Gasteiger partial charge on any atom is 0.203 e. The van der Waals surface area contributed by atoms with Gasteiger partial charge in [0, 0.05) is 18.5 Å². The number of hydrogen-bond acceptors (Lipinski definition) is 6. The molecule has 0 bridgehead atoms. The Balaban J connectivity index is 2.22. The molecule has 21 heavy (non-hydrogen) atoms. The second kappa shape index (κ2) is 5.95. The van der Waals surface area contributed by atoms with Crippen LogP contribution in [0.1, 0.15) is 13.3 Å². The molecule has 1 unspecified atom stereocenters. The number of nitrogens with zero attached hydrogens (tertiary/aromatic N) is 2. The maximum atomic E-state index is 12.1. The predicted molar refractivity (Wildman–Crippen MR) is 81.4 cm³/mol. The van der Waals surface area contributed by atoms with Gasteiger partial charge in [-0.15, -0.1) is 0 Å². The largest absolute Gasteiger partial charge is 0.337 e. The average Bonchev–Trinajstić information content (AvgIpc) is 2.42. The minimum absolute atomic E-state index is 0.114. The molecule has 0 aliphatic carbocycles. The van der Waals surface area contributed by atoms with Gasteiger partial charge < -0.3 is 5.32 Å². The van der Waals surface area contributed by atoms with Gasteiger partial charge in [0.25, 0.3) is 0 Å². The Morgan fingerprint density at radius 3 is 2.62 bits per heavy atom. The Labute approximate surface area is 127 Å². The van der Waals surface area contributed by atoms with Crippen LogP contribution in [0.15, 0.2) is 40.0 Å². The number of anilines is 1. The monoisotopic (exact) mass is 327 g/mol. The summed E-state index contributed by atoms with van der Waals surface area (Å²) in [6, 6.07) is 2.41. The lowest BCUT2D eigenvalue weighted by molar-refractivity contribution is -0.116. The number of dihydropyridines is 1. The van der Waals surface area contributed by atoms with E-state index >= 15 is 0 Å². The number of halogens is 1. The summed E-state index contributed by atoms with van der Waals surface area (Å²) in [5, 5.41) is 3.09. The van der Waals surface area contributed by atoms with Crippen LogP contribution in [0.4, 0.5) is 5.82 Å². The second-order valence-electron chi connectivity index (χ2n) is 4.57. The van der Waals surface area contributed by atoms with Crippen molar-refractivity contribution in [3.63, 3.8) is 0 Å². The number of aromatic nitrogens is 1. The van der Waals surface area contributed by atoms with Crippen molar-refractivity contribution in [3.8, 4) is 0 Å². The molecule has 0 saturated heterocycles. The lowest BCUT2D eigenvalue weighted by atomic mass is 10.1. The van der Waals surface area contributed by atoms with E-state index in [2.05, 4.69) is 15.3 Å². The first kappa shape index (κ1) is 15.7. The van der Waals surface area contributed by atoms with E-state index in [4.69, 9.17) is 11.6 Å². The summed E-state index contributed by atoms with van der Waals surface area (Å²) < 4.78 is 22.7. The molecule has 0 spiro atoms. The standard InChI is InChI=1S/C13H14ClN3O3S/c1-3-9-13(18)10(6-11(14)16-9)17-12-5-4-8(7-15-12)21(2,19)20/h4-7,9H,3H2,1-2H3,(H,15,17). The van der Waals surface area contributed by atoms with E-state index in [1.165, 1.54) is 24.4 Å². The first-order valence-corrected chi connectivity index (χ1v) is 8.50. The van der Waals surface area contributed by atoms with Crippen LogP contribution in [-0.4, -0.2) is 36.7 Å². The summed E-state index contributed by atoms with van der Waals surface area (Å²) in [6.07, 6.45) is 4.32. The van der Waals surface area contributed by atoms with E-state index in [9.17, 15) is 13.2 Å². The summed E-state index contributed by atoms with van der Waals surface area (Å²) >= 11 is 5.88. The lowest BCUT2D eigenvalue weighted by Gasteiger charge is -2.17. The zero-order valence-electron chi connectivity index (χ0n) is 11.5. The van der Waals surface area contributed by atoms with Crippen LogP contribution in [-0.2, 0) is 14.6 Å². The molecule has 0 radical (unpaired) electrons. The van der Waals surface area contributed by atoms with Gasteiger partial charge in [0.2, 0.25) is 5.78 Å². The molecule has 2 rings (SSSR count). The Morgan fingerprint density at radius 1 is 1.38 bits per heavy atom. The number of nitrogens with one attached hydrogen (secondary N) is 1. The topological polar surface area (TPSA) is 88.5 Å². The highest BCUT2D eigenvalue weighted by Gasteiger charge is 2.24. The van der Waals surface area contributed by atoms with E-state index in [1.807, 2.05) is 6.92 Å². The molecular weight excluding hydrogens is 314 g/mol. The van der Waals surface area contributed by atoms with Crippen molar-refractivity contribution in [2.24, 2.45) is 4.99 Å². The fourth-order valence-corrected chi connectivity index (χ4v) is 2.59. The summed E-state index contributed by atoms with van der Waals surface area (Å²) in [5.74, 6) is 0.194. The van der Waals surface area contributed by atoms with Gasteiger partial charge in [0.15, 0.2) is 9.84 Å². The predicted octanol–water partition coefficient (Wildman–Crippen LogP) is 1.78. The molecule has 2 heterocycles. The highest BCUT2D eigenvalue weighted by atomic mass is 35.5. The Bertz CT molecular complexity index is 724. The summed E-state index contributed by atoms with van der Waals surface area (Å²) in [5.41, 5.74) is 0.293. The SMILES string of the molecule is CCC1N=C(Cl)C=C(Nc2ccc(S(C)(=O)=O)cn2)C1=O. The Hall–Kier alpha value is -1.73. The van der Waals surface area contributed by atoms with Crippen molar-refractivity contribution in [1.29, 1.82) is 0 Å². The number of allylic oxidation sites excluding steroid dienone is 1.